The van der Waals surface area contributed by atoms with Crippen LogP contribution in [0.1, 0.15) is 348 Å². The van der Waals surface area contributed by atoms with Crippen LogP contribution in [0.15, 0.2) is 0 Å². The van der Waals surface area contributed by atoms with Gasteiger partial charge in [0.05, 0.1) is 12.5 Å². The number of carbonyl (C=O) groups is 2. The highest BCUT2D eigenvalue weighted by molar-refractivity contribution is 5.70. The van der Waals surface area contributed by atoms with E-state index in [2.05, 4.69) is 13.8 Å². The van der Waals surface area contributed by atoms with Crippen molar-refractivity contribution < 1.29 is 19.4 Å². The van der Waals surface area contributed by atoms with Crippen LogP contribution < -0.4 is 0 Å². The molecule has 0 aromatic heterocycles. The van der Waals surface area contributed by atoms with Gasteiger partial charge in [0.15, 0.2) is 0 Å². The van der Waals surface area contributed by atoms with Gasteiger partial charge in [-0.15, -0.1) is 0 Å². The van der Waals surface area contributed by atoms with E-state index >= 15 is 0 Å². The Labute approximate surface area is 390 Å². The fourth-order valence-corrected chi connectivity index (χ4v) is 9.55. The predicted octanol–water partition coefficient (Wildman–Crippen LogP) is 20.6. The molecule has 0 aliphatic carbocycles. The topological polar surface area (TPSA) is 63.6 Å². The summed E-state index contributed by atoms with van der Waals surface area (Å²) in [6.07, 6.45) is 68.1. The van der Waals surface area contributed by atoms with Crippen LogP contribution in [0.5, 0.6) is 0 Å². The molecular formula is C58H114O4. The van der Waals surface area contributed by atoms with E-state index in [9.17, 15) is 14.7 Å². The average Bonchev–Trinajstić information content (AvgIpc) is 3.27. The highest BCUT2D eigenvalue weighted by Crippen LogP contribution is 2.21. The molecule has 1 N–H and O–H groups in total. The second-order valence-corrected chi connectivity index (χ2v) is 20.2. The Morgan fingerprint density at radius 3 is 0.758 bits per heavy atom. The summed E-state index contributed by atoms with van der Waals surface area (Å²) in [6.45, 7) is 5.19. The van der Waals surface area contributed by atoms with Crippen LogP contribution in [-0.4, -0.2) is 23.7 Å². The van der Waals surface area contributed by atoms with Crippen molar-refractivity contribution in [2.45, 2.75) is 348 Å². The molecule has 0 rings (SSSR count). The molecule has 0 aromatic rings. The zero-order valence-electron chi connectivity index (χ0n) is 42.7. The third kappa shape index (κ3) is 51.6. The van der Waals surface area contributed by atoms with Crippen LogP contribution in [0, 0.1) is 5.92 Å². The fraction of sp³-hybridized carbons (Fsp3) is 0.966. The molecule has 0 bridgehead atoms. The molecule has 62 heavy (non-hydrogen) atoms. The van der Waals surface area contributed by atoms with E-state index in [0.29, 0.717) is 13.0 Å². The summed E-state index contributed by atoms with van der Waals surface area (Å²) in [6, 6.07) is 0. The molecule has 4 nitrogen and oxygen atoms in total. The van der Waals surface area contributed by atoms with Gasteiger partial charge in [-0.2, -0.15) is 0 Å². The Hall–Kier alpha value is -1.06. The fourth-order valence-electron chi connectivity index (χ4n) is 9.55. The highest BCUT2D eigenvalue weighted by atomic mass is 16.5. The summed E-state index contributed by atoms with van der Waals surface area (Å²) in [5.41, 5.74) is 0. The molecule has 0 saturated heterocycles. The second kappa shape index (κ2) is 54.3. The number of esters is 1. The number of rotatable bonds is 55. The number of hydrogen-bond donors (Lipinski definition) is 1. The van der Waals surface area contributed by atoms with E-state index in [1.807, 2.05) is 0 Å². The van der Waals surface area contributed by atoms with Gasteiger partial charge in [-0.05, 0) is 25.7 Å². The largest absolute Gasteiger partial charge is 0.481 e. The monoisotopic (exact) mass is 875 g/mol. The number of unbranched alkanes of at least 4 members (excludes halogenated alkanes) is 46. The minimum atomic E-state index is -0.559. The Kier molecular flexibility index (Phi) is 53.3. The molecule has 0 aromatic carbocycles. The normalized spacial score (nSPS) is 12.0. The van der Waals surface area contributed by atoms with E-state index in [1.165, 1.54) is 289 Å². The second-order valence-electron chi connectivity index (χ2n) is 20.2. The van der Waals surface area contributed by atoms with Crippen LogP contribution >= 0.6 is 0 Å². The molecule has 370 valence electrons. The lowest BCUT2D eigenvalue weighted by molar-refractivity contribution is -0.144. The van der Waals surface area contributed by atoms with Gasteiger partial charge in [0.1, 0.15) is 0 Å². The van der Waals surface area contributed by atoms with E-state index in [0.717, 1.165) is 38.5 Å². The maximum atomic E-state index is 12.0. The Bertz CT molecular complexity index is 856. The van der Waals surface area contributed by atoms with Gasteiger partial charge < -0.3 is 9.84 Å². The Morgan fingerprint density at radius 1 is 0.306 bits per heavy atom. The first-order valence-corrected chi connectivity index (χ1v) is 29.0. The molecular weight excluding hydrogens is 761 g/mol. The molecule has 4 heteroatoms. The van der Waals surface area contributed by atoms with Gasteiger partial charge in [-0.1, -0.05) is 316 Å². The smallest absolute Gasteiger partial charge is 0.306 e. The quantitative estimate of drug-likeness (QED) is 0.0488. The van der Waals surface area contributed by atoms with Crippen LogP contribution in [0.4, 0.5) is 0 Å². The maximum Gasteiger partial charge on any atom is 0.306 e. The molecule has 0 heterocycles. The molecule has 1 unspecified atom stereocenters. The maximum absolute atomic E-state index is 12.0. The van der Waals surface area contributed by atoms with E-state index in [1.54, 1.807) is 0 Å². The van der Waals surface area contributed by atoms with Gasteiger partial charge in [0.2, 0.25) is 0 Å². The number of carboxylic acid groups (broad SMARTS) is 1. The van der Waals surface area contributed by atoms with Crippen molar-refractivity contribution in [3.05, 3.63) is 0 Å². The third-order valence-corrected chi connectivity index (χ3v) is 13.9. The molecule has 0 saturated carbocycles. The van der Waals surface area contributed by atoms with Crippen LogP contribution in [0.25, 0.3) is 0 Å². The van der Waals surface area contributed by atoms with Crippen molar-refractivity contribution in [1.82, 2.24) is 0 Å². The van der Waals surface area contributed by atoms with Gasteiger partial charge in [0.25, 0.3) is 0 Å². The summed E-state index contributed by atoms with van der Waals surface area (Å²) in [5, 5.41) is 9.72. The number of carbonyl (C=O) groups excluding carboxylic acids is 1. The van der Waals surface area contributed by atoms with Crippen molar-refractivity contribution in [3.8, 4) is 0 Å². The summed E-state index contributed by atoms with van der Waals surface area (Å²) in [5.74, 6) is -0.655. The van der Waals surface area contributed by atoms with Crippen molar-refractivity contribution in [1.29, 1.82) is 0 Å². The lowest BCUT2D eigenvalue weighted by atomic mass is 9.94. The van der Waals surface area contributed by atoms with E-state index in [-0.39, 0.29) is 11.9 Å². The molecule has 0 radical (unpaired) electrons. The molecule has 0 amide bonds. The number of hydrogen-bond acceptors (Lipinski definition) is 3. The summed E-state index contributed by atoms with van der Waals surface area (Å²) >= 11 is 0. The van der Waals surface area contributed by atoms with E-state index in [4.69, 9.17) is 4.74 Å². The molecule has 0 fully saturated rings. The zero-order chi connectivity index (χ0) is 44.9. The standard InChI is InChI=1S/C58H114O4/c1-3-5-7-9-11-13-15-17-18-25-29-32-36-40-44-48-52-56(58(60)61)53-49-45-41-37-33-30-26-23-21-19-20-22-24-27-31-35-39-43-47-51-55-62-57(59)54-50-46-42-38-34-28-16-14-12-10-8-6-4-2/h56H,3-55H2,1-2H3,(H,60,61). The number of ether oxygens (including phenoxy) is 1. The summed E-state index contributed by atoms with van der Waals surface area (Å²) in [7, 11) is 0. The van der Waals surface area contributed by atoms with Gasteiger partial charge in [-0.3, -0.25) is 9.59 Å². The molecule has 0 spiro atoms. The first kappa shape index (κ1) is 60.9. The van der Waals surface area contributed by atoms with Crippen LogP contribution in [-0.2, 0) is 14.3 Å². The zero-order valence-corrected chi connectivity index (χ0v) is 42.7. The van der Waals surface area contributed by atoms with E-state index < -0.39 is 5.97 Å². The minimum Gasteiger partial charge on any atom is -0.481 e. The van der Waals surface area contributed by atoms with Gasteiger partial charge >= 0.3 is 11.9 Å². The Balaban J connectivity index is 3.31. The molecule has 0 aliphatic rings. The van der Waals surface area contributed by atoms with Gasteiger partial charge in [-0.25, -0.2) is 0 Å². The molecule has 0 aliphatic heterocycles. The number of carboxylic acids is 1. The summed E-state index contributed by atoms with van der Waals surface area (Å²) < 4.78 is 5.48. The van der Waals surface area contributed by atoms with Crippen molar-refractivity contribution in [2.24, 2.45) is 5.92 Å². The summed E-state index contributed by atoms with van der Waals surface area (Å²) in [4.78, 5) is 23.8. The first-order chi connectivity index (χ1) is 30.6. The SMILES string of the molecule is CCCCCCCCCCCCCCCCCCC(CCCCCCCCCCCCCCCCCCCCCCOC(=O)CCCCCCCCCCCCCCC)C(=O)O. The van der Waals surface area contributed by atoms with Crippen molar-refractivity contribution >= 4 is 11.9 Å². The van der Waals surface area contributed by atoms with Crippen LogP contribution in [0.2, 0.25) is 0 Å². The number of aliphatic carboxylic acids is 1. The van der Waals surface area contributed by atoms with Crippen molar-refractivity contribution in [3.63, 3.8) is 0 Å². The Morgan fingerprint density at radius 2 is 0.516 bits per heavy atom. The lowest BCUT2D eigenvalue weighted by Gasteiger charge is -2.12. The highest BCUT2D eigenvalue weighted by Gasteiger charge is 2.16. The minimum absolute atomic E-state index is 0.0192. The van der Waals surface area contributed by atoms with Gasteiger partial charge in [0, 0.05) is 6.42 Å². The molecule has 1 atom stereocenters. The van der Waals surface area contributed by atoms with Crippen LogP contribution in [0.3, 0.4) is 0 Å². The van der Waals surface area contributed by atoms with Crippen molar-refractivity contribution in [2.75, 3.05) is 6.61 Å². The third-order valence-electron chi connectivity index (χ3n) is 13.9. The average molecular weight is 876 g/mol. The predicted molar refractivity (Wildman–Crippen MR) is 274 cm³/mol. The first-order valence-electron chi connectivity index (χ1n) is 29.0. The lowest BCUT2D eigenvalue weighted by Crippen LogP contribution is -2.13.